The molecule has 3 aromatic carbocycles. The molecule has 4 rings (SSSR count). The van der Waals surface area contributed by atoms with Crippen molar-refractivity contribution in [3.63, 3.8) is 0 Å². The van der Waals surface area contributed by atoms with Crippen molar-refractivity contribution in [2.24, 2.45) is 5.73 Å². The Balaban J connectivity index is 1.40. The Morgan fingerprint density at radius 2 is 1.67 bits per heavy atom. The van der Waals surface area contributed by atoms with Crippen LogP contribution in [-0.4, -0.2) is 71.5 Å². The van der Waals surface area contributed by atoms with E-state index in [0.29, 0.717) is 25.1 Å². The lowest BCUT2D eigenvalue weighted by molar-refractivity contribution is -0.144. The van der Waals surface area contributed by atoms with Crippen molar-refractivity contribution in [2.45, 2.75) is 57.2 Å². The SMILES string of the molecule is CCSC[C@H](NC(=O)OCCc1ccccc1)C(=O)N1CCCCC1C(=O)N[C@@H](Cc1ccc2ccccc2c1)C(N)=O. The molecule has 3 aromatic rings. The fourth-order valence-electron chi connectivity index (χ4n) is 5.26. The number of nitrogens with one attached hydrogen (secondary N) is 2. The van der Waals surface area contributed by atoms with Gasteiger partial charge in [-0.3, -0.25) is 14.4 Å². The Bertz CT molecular complexity index is 1400. The molecule has 0 spiro atoms. The molecule has 10 heteroatoms. The maximum atomic E-state index is 13.8. The molecule has 4 amide bonds. The third kappa shape index (κ3) is 9.22. The molecule has 0 aliphatic carbocycles. The van der Waals surface area contributed by atoms with Crippen LogP contribution in [0.5, 0.6) is 0 Å². The molecule has 0 bridgehead atoms. The number of nitrogens with zero attached hydrogens (tertiary/aromatic N) is 1. The van der Waals surface area contributed by atoms with E-state index in [0.717, 1.165) is 40.5 Å². The number of thioether (sulfide) groups is 1. The van der Waals surface area contributed by atoms with Gasteiger partial charge in [0.2, 0.25) is 17.7 Å². The Kier molecular flexibility index (Phi) is 11.8. The molecule has 0 saturated carbocycles. The van der Waals surface area contributed by atoms with Gasteiger partial charge in [-0.05, 0) is 46.9 Å². The fraction of sp³-hybridized carbons (Fsp3) is 0.394. The largest absolute Gasteiger partial charge is 0.449 e. The Hall–Kier alpha value is -4.05. The lowest BCUT2D eigenvalue weighted by Crippen LogP contribution is -2.60. The summed E-state index contributed by atoms with van der Waals surface area (Å²) >= 11 is 1.52. The van der Waals surface area contributed by atoms with E-state index in [1.54, 1.807) is 0 Å². The molecule has 9 nitrogen and oxygen atoms in total. The van der Waals surface area contributed by atoms with Gasteiger partial charge in [0.15, 0.2) is 0 Å². The molecular weight excluding hydrogens is 564 g/mol. The third-order valence-corrected chi connectivity index (χ3v) is 8.52. The predicted molar refractivity (Wildman–Crippen MR) is 170 cm³/mol. The number of primary amides is 1. The highest BCUT2D eigenvalue weighted by Crippen LogP contribution is 2.21. The zero-order valence-electron chi connectivity index (χ0n) is 24.5. The van der Waals surface area contributed by atoms with E-state index >= 15 is 0 Å². The molecule has 1 saturated heterocycles. The molecule has 1 aliphatic heterocycles. The van der Waals surface area contributed by atoms with E-state index < -0.39 is 36.0 Å². The number of alkyl carbamates (subject to hydrolysis) is 1. The monoisotopic (exact) mass is 604 g/mol. The molecule has 1 heterocycles. The molecule has 43 heavy (non-hydrogen) atoms. The first-order valence-electron chi connectivity index (χ1n) is 14.8. The number of nitrogens with two attached hydrogens (primary N) is 1. The normalized spacial score (nSPS) is 16.2. The summed E-state index contributed by atoms with van der Waals surface area (Å²) in [5.74, 6) is -0.309. The van der Waals surface area contributed by atoms with Gasteiger partial charge in [-0.25, -0.2) is 4.79 Å². The van der Waals surface area contributed by atoms with Crippen LogP contribution in [0.15, 0.2) is 72.8 Å². The first-order chi connectivity index (χ1) is 20.9. The van der Waals surface area contributed by atoms with Gasteiger partial charge in [-0.15, -0.1) is 0 Å². The van der Waals surface area contributed by atoms with Crippen LogP contribution >= 0.6 is 11.8 Å². The van der Waals surface area contributed by atoms with Crippen molar-refractivity contribution >= 4 is 46.3 Å². The highest BCUT2D eigenvalue weighted by atomic mass is 32.2. The summed E-state index contributed by atoms with van der Waals surface area (Å²) in [4.78, 5) is 53.8. The van der Waals surface area contributed by atoms with E-state index in [9.17, 15) is 19.2 Å². The number of hydrogen-bond acceptors (Lipinski definition) is 6. The van der Waals surface area contributed by atoms with E-state index in [4.69, 9.17) is 10.5 Å². The summed E-state index contributed by atoms with van der Waals surface area (Å²) in [6.45, 7) is 2.53. The first-order valence-corrected chi connectivity index (χ1v) is 15.9. The van der Waals surface area contributed by atoms with E-state index in [1.165, 1.54) is 16.7 Å². The van der Waals surface area contributed by atoms with Gasteiger partial charge in [-0.2, -0.15) is 11.8 Å². The zero-order chi connectivity index (χ0) is 30.6. The maximum absolute atomic E-state index is 13.8. The summed E-state index contributed by atoms with van der Waals surface area (Å²) in [7, 11) is 0. The fourth-order valence-corrected chi connectivity index (χ4v) is 5.96. The molecule has 4 N–H and O–H groups in total. The van der Waals surface area contributed by atoms with Crippen LogP contribution in [0.25, 0.3) is 10.8 Å². The number of carbonyl (C=O) groups is 4. The minimum Gasteiger partial charge on any atom is -0.449 e. The lowest BCUT2D eigenvalue weighted by atomic mass is 9.98. The van der Waals surface area contributed by atoms with Gasteiger partial charge in [0.05, 0.1) is 6.61 Å². The number of ether oxygens (including phenoxy) is 1. The molecule has 1 aliphatic rings. The number of rotatable bonds is 13. The Labute approximate surface area is 256 Å². The molecule has 3 atom stereocenters. The second-order valence-electron chi connectivity index (χ2n) is 10.6. The van der Waals surface area contributed by atoms with Gasteiger partial charge < -0.3 is 26.0 Å². The van der Waals surface area contributed by atoms with Gasteiger partial charge in [0.1, 0.15) is 18.1 Å². The molecular formula is C33H40N4O5S. The van der Waals surface area contributed by atoms with Crippen molar-refractivity contribution in [2.75, 3.05) is 24.7 Å². The number of carbonyl (C=O) groups excluding carboxylic acids is 4. The summed E-state index contributed by atoms with van der Waals surface area (Å²) in [6, 6.07) is 20.9. The van der Waals surface area contributed by atoms with Gasteiger partial charge in [0.25, 0.3) is 0 Å². The van der Waals surface area contributed by atoms with E-state index in [1.807, 2.05) is 79.7 Å². The number of benzene rings is 3. The standard InChI is InChI=1S/C33H40N4O5S/c1-2-43-22-28(36-33(41)42-19-17-23-10-4-3-5-11-23)32(40)37-18-9-8-14-29(37)31(39)35-27(30(34)38)21-24-15-16-25-12-6-7-13-26(25)20-24/h3-7,10-13,15-16,20,27-29H,2,8-9,14,17-19,21-22H2,1H3,(H2,34,38)(H,35,39)(H,36,41)/t27-,28-,29?/m0/s1. The summed E-state index contributed by atoms with van der Waals surface area (Å²) < 4.78 is 5.37. The molecule has 0 radical (unpaired) electrons. The molecule has 228 valence electrons. The van der Waals surface area contributed by atoms with Crippen LogP contribution in [0.4, 0.5) is 4.79 Å². The Morgan fingerprint density at radius 3 is 2.42 bits per heavy atom. The quantitative estimate of drug-likeness (QED) is 0.272. The van der Waals surface area contributed by atoms with Crippen molar-refractivity contribution < 1.29 is 23.9 Å². The third-order valence-electron chi connectivity index (χ3n) is 7.55. The second-order valence-corrected chi connectivity index (χ2v) is 11.9. The molecule has 1 fully saturated rings. The van der Waals surface area contributed by atoms with Crippen molar-refractivity contribution in [3.8, 4) is 0 Å². The number of fused-ring (bicyclic) bond motifs is 1. The minimum absolute atomic E-state index is 0.179. The van der Waals surface area contributed by atoms with Crippen LogP contribution in [-0.2, 0) is 32.0 Å². The van der Waals surface area contributed by atoms with Gasteiger partial charge in [-0.1, -0.05) is 79.7 Å². The van der Waals surface area contributed by atoms with E-state index in [-0.39, 0.29) is 18.9 Å². The maximum Gasteiger partial charge on any atom is 0.407 e. The lowest BCUT2D eigenvalue weighted by Gasteiger charge is -2.37. The van der Waals surface area contributed by atoms with Gasteiger partial charge >= 0.3 is 6.09 Å². The predicted octanol–water partition coefficient (Wildman–Crippen LogP) is 3.82. The molecule has 0 aromatic heterocycles. The van der Waals surface area contributed by atoms with E-state index in [2.05, 4.69) is 10.6 Å². The van der Waals surface area contributed by atoms with Crippen LogP contribution in [0.2, 0.25) is 0 Å². The number of amides is 4. The Morgan fingerprint density at radius 1 is 0.930 bits per heavy atom. The topological polar surface area (TPSA) is 131 Å². The summed E-state index contributed by atoms with van der Waals surface area (Å²) in [6.07, 6.45) is 2.07. The van der Waals surface area contributed by atoms with Crippen molar-refractivity contribution in [3.05, 3.63) is 83.9 Å². The minimum atomic E-state index is -0.934. The van der Waals surface area contributed by atoms with Crippen molar-refractivity contribution in [1.82, 2.24) is 15.5 Å². The van der Waals surface area contributed by atoms with Crippen LogP contribution < -0.4 is 16.4 Å². The van der Waals surface area contributed by atoms with Crippen LogP contribution in [0.3, 0.4) is 0 Å². The highest BCUT2D eigenvalue weighted by molar-refractivity contribution is 7.99. The van der Waals surface area contributed by atoms with Gasteiger partial charge in [0, 0.05) is 25.1 Å². The molecule has 1 unspecified atom stereocenters. The second kappa shape index (κ2) is 16.0. The summed E-state index contributed by atoms with van der Waals surface area (Å²) in [5, 5.41) is 7.64. The van der Waals surface area contributed by atoms with Crippen molar-refractivity contribution in [1.29, 1.82) is 0 Å². The zero-order valence-corrected chi connectivity index (χ0v) is 25.3. The average molecular weight is 605 g/mol. The average Bonchev–Trinajstić information content (AvgIpc) is 3.02. The first kappa shape index (κ1) is 31.9. The highest BCUT2D eigenvalue weighted by Gasteiger charge is 2.37. The summed E-state index contributed by atoms with van der Waals surface area (Å²) in [5.41, 5.74) is 7.62. The number of hydrogen-bond donors (Lipinski definition) is 3. The number of piperidine rings is 1. The smallest absolute Gasteiger partial charge is 0.407 e. The van der Waals surface area contributed by atoms with Crippen LogP contribution in [0.1, 0.15) is 37.3 Å². The van der Waals surface area contributed by atoms with Crippen LogP contribution in [0, 0.1) is 0 Å². The number of likely N-dealkylation sites (tertiary alicyclic amines) is 1.